The maximum Gasteiger partial charge on any atom is 0.336 e. The van der Waals surface area contributed by atoms with Gasteiger partial charge in [0.2, 0.25) is 11.8 Å². The number of phenolic OH excluding ortho intramolecular Hbond substituents is 1. The molecule has 15 nitrogen and oxygen atoms in total. The fourth-order valence-corrected chi connectivity index (χ4v) is 7.33. The predicted molar refractivity (Wildman–Crippen MR) is 169 cm³/mol. The maximum absolute atomic E-state index is 12.9. The molecule has 0 aromatic heterocycles. The quantitative estimate of drug-likeness (QED) is 0.151. The molecule has 0 unspecified atom stereocenters. The molecule has 0 bridgehead atoms. The zero-order valence-corrected chi connectivity index (χ0v) is 27.7. The number of amides is 3. The number of aliphatic hydroxyl groups is 3. The fourth-order valence-electron chi connectivity index (χ4n) is 7.33. The number of carboxylic acids is 1. The molecule has 3 heterocycles. The van der Waals surface area contributed by atoms with Crippen LogP contribution < -0.4 is 10.6 Å². The number of carbonyl (C=O) groups excluding carboxylic acids is 3. The average Bonchev–Trinajstić information content (AvgIpc) is 3.82. The van der Waals surface area contributed by atoms with Gasteiger partial charge in [-0.25, -0.2) is 4.79 Å². The van der Waals surface area contributed by atoms with Crippen molar-refractivity contribution in [3.05, 3.63) is 28.8 Å². The molecule has 4 fully saturated rings. The van der Waals surface area contributed by atoms with Crippen LogP contribution in [0.4, 0.5) is 0 Å². The molecule has 0 radical (unpaired) electrons. The molecule has 48 heavy (non-hydrogen) atoms. The van der Waals surface area contributed by atoms with Crippen molar-refractivity contribution in [2.45, 2.75) is 94.5 Å². The molecule has 266 valence electrons. The first-order valence-electron chi connectivity index (χ1n) is 16.6. The first-order chi connectivity index (χ1) is 22.7. The van der Waals surface area contributed by atoms with Crippen LogP contribution in [0.3, 0.4) is 0 Å². The largest absolute Gasteiger partial charge is 0.507 e. The number of nitrogens with zero attached hydrogens (tertiary/aromatic N) is 2. The van der Waals surface area contributed by atoms with Gasteiger partial charge in [-0.15, -0.1) is 0 Å². The Bertz CT molecular complexity index is 1380. The lowest BCUT2D eigenvalue weighted by molar-refractivity contribution is -0.231. The van der Waals surface area contributed by atoms with Crippen LogP contribution in [0.15, 0.2) is 12.1 Å². The van der Waals surface area contributed by atoms with Crippen molar-refractivity contribution in [2.75, 3.05) is 45.9 Å². The molecule has 3 aliphatic heterocycles. The first-order valence-corrected chi connectivity index (χ1v) is 16.6. The smallest absolute Gasteiger partial charge is 0.336 e. The van der Waals surface area contributed by atoms with Crippen LogP contribution in [0.1, 0.15) is 60.5 Å². The Hall–Kier alpha value is -3.34. The van der Waals surface area contributed by atoms with E-state index < -0.39 is 72.3 Å². The Kier molecular flexibility index (Phi) is 10.7. The average molecular weight is 677 g/mol. The van der Waals surface area contributed by atoms with E-state index in [0.717, 1.165) is 12.8 Å². The predicted octanol–water partition coefficient (Wildman–Crippen LogP) is -0.958. The molecular formula is C33H48N4O11. The van der Waals surface area contributed by atoms with Crippen molar-refractivity contribution in [1.82, 2.24) is 20.4 Å². The third-order valence-electron chi connectivity index (χ3n) is 10.3. The maximum atomic E-state index is 12.9. The zero-order valence-electron chi connectivity index (χ0n) is 27.7. The van der Waals surface area contributed by atoms with Gasteiger partial charge in [0.15, 0.2) is 5.60 Å². The number of phenols is 1. The normalized spacial score (nSPS) is 30.5. The third-order valence-corrected chi connectivity index (χ3v) is 10.3. The number of nitrogens with one attached hydrogen (secondary N) is 2. The van der Waals surface area contributed by atoms with Gasteiger partial charge >= 0.3 is 5.97 Å². The second-order valence-corrected chi connectivity index (χ2v) is 13.9. The van der Waals surface area contributed by atoms with Crippen LogP contribution >= 0.6 is 0 Å². The van der Waals surface area contributed by atoms with Crippen molar-refractivity contribution in [3.63, 3.8) is 0 Å². The van der Waals surface area contributed by atoms with Crippen LogP contribution in [-0.4, -0.2) is 147 Å². The summed E-state index contributed by atoms with van der Waals surface area (Å²) in [6, 6.07) is 1.69. The number of carbonyl (C=O) groups is 4. The topological polar surface area (TPSA) is 218 Å². The number of aliphatic carboxylic acids is 1. The molecule has 1 aromatic carbocycles. The van der Waals surface area contributed by atoms with E-state index in [9.17, 15) is 44.7 Å². The lowest BCUT2D eigenvalue weighted by Gasteiger charge is -2.49. The molecular weight excluding hydrogens is 628 g/mol. The van der Waals surface area contributed by atoms with E-state index in [1.807, 2.05) is 4.90 Å². The molecule has 7 atom stereocenters. The van der Waals surface area contributed by atoms with Crippen molar-refractivity contribution in [1.29, 1.82) is 0 Å². The molecule has 1 aliphatic carbocycles. The Balaban J connectivity index is 1.30. The standard InChI is InChI=1S/C33H48N4O11/c1-18-12-22(13-19(2)26(18)41)29(43)34-15-24(40)27(42)28-25(35-20(3)38)23(39)14-33(48-28,31(45)46)7-9-37-10-11-47-17-32(37)6-8-36(16-32)30(44)21-4-5-21/h12-13,21,23-25,27-28,39-42H,4-11,14-17H2,1-3H3,(H,34,43)(H,35,38)(H,45,46)/t23-,24+,25+,27+,28+,32-,33+/m0/s1. The Morgan fingerprint density at radius 3 is 2.42 bits per heavy atom. The van der Waals surface area contributed by atoms with E-state index in [1.165, 1.54) is 19.1 Å². The number of hydrogen-bond donors (Lipinski definition) is 7. The number of benzene rings is 1. The van der Waals surface area contributed by atoms with Crippen LogP contribution in [0.2, 0.25) is 0 Å². The van der Waals surface area contributed by atoms with Gasteiger partial charge in [-0.2, -0.15) is 0 Å². The summed E-state index contributed by atoms with van der Waals surface area (Å²) >= 11 is 0. The summed E-state index contributed by atoms with van der Waals surface area (Å²) in [6.07, 6.45) is -4.55. The molecule has 3 saturated heterocycles. The summed E-state index contributed by atoms with van der Waals surface area (Å²) in [6.45, 7) is 6.61. The van der Waals surface area contributed by atoms with Gasteiger partial charge in [-0.3, -0.25) is 19.3 Å². The second kappa shape index (κ2) is 14.3. The minimum absolute atomic E-state index is 0.0543. The highest BCUT2D eigenvalue weighted by Gasteiger charge is 2.55. The molecule has 7 N–H and O–H groups in total. The van der Waals surface area contributed by atoms with Gasteiger partial charge in [-0.1, -0.05) is 0 Å². The Morgan fingerprint density at radius 2 is 1.79 bits per heavy atom. The number of carboxylic acid groups (broad SMARTS) is 1. The second-order valence-electron chi connectivity index (χ2n) is 13.9. The molecule has 4 aliphatic rings. The number of aromatic hydroxyl groups is 1. The highest BCUT2D eigenvalue weighted by molar-refractivity contribution is 5.95. The van der Waals surface area contributed by atoms with Gasteiger partial charge in [0, 0.05) is 64.0 Å². The number of rotatable bonds is 11. The summed E-state index contributed by atoms with van der Waals surface area (Å²) in [7, 11) is 0. The minimum atomic E-state index is -1.99. The highest BCUT2D eigenvalue weighted by atomic mass is 16.6. The van der Waals surface area contributed by atoms with E-state index in [2.05, 4.69) is 15.5 Å². The number of ether oxygens (including phenoxy) is 2. The summed E-state index contributed by atoms with van der Waals surface area (Å²) < 4.78 is 12.0. The van der Waals surface area contributed by atoms with Crippen LogP contribution in [-0.2, 0) is 23.9 Å². The van der Waals surface area contributed by atoms with E-state index in [1.54, 1.807) is 13.8 Å². The summed E-state index contributed by atoms with van der Waals surface area (Å²) in [4.78, 5) is 54.6. The van der Waals surface area contributed by atoms with E-state index in [4.69, 9.17) is 9.47 Å². The van der Waals surface area contributed by atoms with Crippen molar-refractivity contribution in [2.24, 2.45) is 5.92 Å². The van der Waals surface area contributed by atoms with E-state index in [-0.39, 0.29) is 36.1 Å². The summed E-state index contributed by atoms with van der Waals surface area (Å²) in [5, 5.41) is 59.1. The zero-order chi connectivity index (χ0) is 35.0. The Labute approximate surface area is 279 Å². The van der Waals surface area contributed by atoms with E-state index >= 15 is 0 Å². The summed E-state index contributed by atoms with van der Waals surface area (Å²) in [5.74, 6) is -2.25. The molecule has 1 spiro atoms. The number of likely N-dealkylation sites (tertiary alicyclic amines) is 1. The number of morpholine rings is 1. The molecule has 1 saturated carbocycles. The minimum Gasteiger partial charge on any atom is -0.507 e. The monoisotopic (exact) mass is 676 g/mol. The lowest BCUT2D eigenvalue weighted by Crippen LogP contribution is -2.68. The van der Waals surface area contributed by atoms with Crippen LogP contribution in [0.5, 0.6) is 5.75 Å². The van der Waals surface area contributed by atoms with Gasteiger partial charge in [-0.05, 0) is 56.4 Å². The molecule has 3 amide bonds. The number of hydrogen-bond acceptors (Lipinski definition) is 11. The van der Waals surface area contributed by atoms with Crippen LogP contribution in [0, 0.1) is 19.8 Å². The molecule has 5 rings (SSSR count). The fraction of sp³-hybridized carbons (Fsp3) is 0.697. The lowest BCUT2D eigenvalue weighted by atomic mass is 9.81. The van der Waals surface area contributed by atoms with Gasteiger partial charge < -0.3 is 50.5 Å². The highest BCUT2D eigenvalue weighted by Crippen LogP contribution is 2.39. The van der Waals surface area contributed by atoms with Crippen molar-refractivity contribution < 1.29 is 54.2 Å². The van der Waals surface area contributed by atoms with Gasteiger partial charge in [0.25, 0.3) is 5.91 Å². The number of aliphatic hydroxyl groups excluding tert-OH is 3. The molecule has 15 heteroatoms. The summed E-state index contributed by atoms with van der Waals surface area (Å²) in [5.41, 5.74) is -1.30. The van der Waals surface area contributed by atoms with Crippen molar-refractivity contribution >= 4 is 23.7 Å². The van der Waals surface area contributed by atoms with Gasteiger partial charge in [0.1, 0.15) is 18.0 Å². The van der Waals surface area contributed by atoms with E-state index in [0.29, 0.717) is 50.4 Å². The Morgan fingerprint density at radius 1 is 1.10 bits per heavy atom. The molecule has 1 aromatic rings. The van der Waals surface area contributed by atoms with Crippen molar-refractivity contribution in [3.8, 4) is 5.75 Å². The first kappa shape index (κ1) is 36.0. The third kappa shape index (κ3) is 7.45. The van der Waals surface area contributed by atoms with Crippen LogP contribution in [0.25, 0.3) is 0 Å². The van der Waals surface area contributed by atoms with Gasteiger partial charge in [0.05, 0.1) is 37.0 Å². The SMILES string of the molecule is CC(=O)N[C@H]1[C@H]([C@H](O)[C@H](O)CNC(=O)c2cc(C)c(O)c(C)c2)O[C@@](CCN2CCOC[C@@]23CCN(C(=O)C2CC2)C3)(C(=O)O)C[C@@H]1O. The number of aryl methyl sites for hydroxylation is 2.